The first-order valence-corrected chi connectivity index (χ1v) is 6.56. The molecule has 2 aliphatic rings. The molecule has 2 fully saturated rings. The lowest BCUT2D eigenvalue weighted by Crippen LogP contribution is -2.33. The second kappa shape index (κ2) is 5.66. The number of carbonyl (C=O) groups excluding carboxylic acids is 1. The Morgan fingerprint density at radius 2 is 1.95 bits per heavy atom. The third kappa shape index (κ3) is 2.65. The van der Waals surface area contributed by atoms with Crippen LogP contribution in [0, 0.1) is 17.6 Å². The SMILES string of the molecule is Cl.N[C@@H]1CCN(C(=O)C2CC2c2c(F)cccc2F)C1. The van der Waals surface area contributed by atoms with Crippen molar-refractivity contribution in [3.63, 3.8) is 0 Å². The maximum atomic E-state index is 13.6. The zero-order valence-electron chi connectivity index (χ0n) is 10.9. The number of likely N-dealkylation sites (tertiary alicyclic amines) is 1. The number of nitrogens with zero attached hydrogens (tertiary/aromatic N) is 1. The molecule has 0 bridgehead atoms. The zero-order chi connectivity index (χ0) is 13.6. The average Bonchev–Trinajstić information content (AvgIpc) is 3.02. The third-order valence-electron chi connectivity index (χ3n) is 4.01. The summed E-state index contributed by atoms with van der Waals surface area (Å²) >= 11 is 0. The standard InChI is InChI=1S/C14H16F2N2O.ClH/c15-11-2-1-3-12(16)13(11)9-6-10(9)14(19)18-5-4-8(17)7-18;/h1-3,8-10H,4-7,17H2;1H/t8-,9?,10?;/m1./s1. The van der Waals surface area contributed by atoms with Gasteiger partial charge in [-0.15, -0.1) is 12.4 Å². The zero-order valence-corrected chi connectivity index (χ0v) is 11.7. The molecule has 1 amide bonds. The molecule has 2 unspecified atom stereocenters. The number of rotatable bonds is 2. The summed E-state index contributed by atoms with van der Waals surface area (Å²) in [5.41, 5.74) is 5.82. The Morgan fingerprint density at radius 1 is 1.30 bits per heavy atom. The molecule has 1 aliphatic heterocycles. The lowest BCUT2D eigenvalue weighted by molar-refractivity contribution is -0.131. The van der Waals surface area contributed by atoms with E-state index in [2.05, 4.69) is 0 Å². The first kappa shape index (κ1) is 15.2. The number of halogens is 3. The smallest absolute Gasteiger partial charge is 0.226 e. The van der Waals surface area contributed by atoms with Crippen molar-refractivity contribution in [2.75, 3.05) is 13.1 Å². The van der Waals surface area contributed by atoms with Gasteiger partial charge in [0.2, 0.25) is 5.91 Å². The van der Waals surface area contributed by atoms with E-state index in [4.69, 9.17) is 5.73 Å². The fourth-order valence-corrected chi connectivity index (χ4v) is 2.87. The van der Waals surface area contributed by atoms with Crippen LogP contribution in [0.5, 0.6) is 0 Å². The van der Waals surface area contributed by atoms with Crippen molar-refractivity contribution in [3.8, 4) is 0 Å². The molecule has 0 aromatic heterocycles. The topological polar surface area (TPSA) is 46.3 Å². The van der Waals surface area contributed by atoms with Gasteiger partial charge in [0.1, 0.15) is 11.6 Å². The van der Waals surface area contributed by atoms with E-state index >= 15 is 0 Å². The summed E-state index contributed by atoms with van der Waals surface area (Å²) in [6, 6.07) is 3.85. The van der Waals surface area contributed by atoms with Gasteiger partial charge in [0.25, 0.3) is 0 Å². The Labute approximate surface area is 122 Å². The van der Waals surface area contributed by atoms with Gasteiger partial charge in [0, 0.05) is 36.5 Å². The fourth-order valence-electron chi connectivity index (χ4n) is 2.87. The Kier molecular flexibility index (Phi) is 4.30. The lowest BCUT2D eigenvalue weighted by Gasteiger charge is -2.15. The van der Waals surface area contributed by atoms with E-state index in [0.717, 1.165) is 6.42 Å². The van der Waals surface area contributed by atoms with E-state index in [1.807, 2.05) is 0 Å². The molecule has 2 N–H and O–H groups in total. The highest BCUT2D eigenvalue weighted by atomic mass is 35.5. The van der Waals surface area contributed by atoms with Crippen molar-refractivity contribution in [2.24, 2.45) is 11.7 Å². The van der Waals surface area contributed by atoms with Crippen molar-refractivity contribution in [1.82, 2.24) is 4.90 Å². The number of hydrogen-bond donors (Lipinski definition) is 1. The van der Waals surface area contributed by atoms with E-state index in [1.165, 1.54) is 18.2 Å². The van der Waals surface area contributed by atoms with Crippen LogP contribution in [-0.2, 0) is 4.79 Å². The van der Waals surface area contributed by atoms with Crippen LogP contribution in [0.15, 0.2) is 18.2 Å². The van der Waals surface area contributed by atoms with Crippen molar-refractivity contribution in [3.05, 3.63) is 35.4 Å². The van der Waals surface area contributed by atoms with E-state index in [9.17, 15) is 13.6 Å². The molecule has 0 spiro atoms. The molecule has 1 saturated heterocycles. The van der Waals surface area contributed by atoms with Gasteiger partial charge in [-0.2, -0.15) is 0 Å². The number of amides is 1. The number of hydrogen-bond acceptors (Lipinski definition) is 2. The summed E-state index contributed by atoms with van der Waals surface area (Å²) < 4.78 is 27.3. The highest BCUT2D eigenvalue weighted by molar-refractivity contribution is 5.85. The second-order valence-corrected chi connectivity index (χ2v) is 5.42. The van der Waals surface area contributed by atoms with Crippen molar-refractivity contribution in [1.29, 1.82) is 0 Å². The Morgan fingerprint density at radius 3 is 2.50 bits per heavy atom. The van der Waals surface area contributed by atoms with E-state index in [0.29, 0.717) is 19.5 Å². The maximum Gasteiger partial charge on any atom is 0.226 e. The van der Waals surface area contributed by atoms with E-state index in [-0.39, 0.29) is 41.8 Å². The Hall–Kier alpha value is -1.20. The van der Waals surface area contributed by atoms with Gasteiger partial charge in [-0.05, 0) is 25.0 Å². The highest BCUT2D eigenvalue weighted by Crippen LogP contribution is 2.50. The molecular weight excluding hydrogens is 286 g/mol. The van der Waals surface area contributed by atoms with Crippen LogP contribution in [-0.4, -0.2) is 29.9 Å². The monoisotopic (exact) mass is 302 g/mol. The van der Waals surface area contributed by atoms with Gasteiger partial charge in [-0.1, -0.05) is 6.07 Å². The molecular formula is C14H17ClF2N2O. The summed E-state index contributed by atoms with van der Waals surface area (Å²) in [6.45, 7) is 1.21. The third-order valence-corrected chi connectivity index (χ3v) is 4.01. The number of nitrogens with two attached hydrogens (primary N) is 1. The molecule has 3 rings (SSSR count). The van der Waals surface area contributed by atoms with Crippen LogP contribution >= 0.6 is 12.4 Å². The maximum absolute atomic E-state index is 13.6. The van der Waals surface area contributed by atoms with Crippen LogP contribution in [0.1, 0.15) is 24.3 Å². The molecule has 110 valence electrons. The van der Waals surface area contributed by atoms with Crippen molar-refractivity contribution in [2.45, 2.75) is 24.8 Å². The minimum atomic E-state index is -0.557. The minimum absolute atomic E-state index is 0. The summed E-state index contributed by atoms with van der Waals surface area (Å²) in [7, 11) is 0. The van der Waals surface area contributed by atoms with Gasteiger partial charge in [0.15, 0.2) is 0 Å². The van der Waals surface area contributed by atoms with Gasteiger partial charge >= 0.3 is 0 Å². The molecule has 1 aromatic carbocycles. The summed E-state index contributed by atoms with van der Waals surface area (Å²) in [5.74, 6) is -1.72. The fraction of sp³-hybridized carbons (Fsp3) is 0.500. The molecule has 6 heteroatoms. The molecule has 1 aliphatic carbocycles. The van der Waals surface area contributed by atoms with Gasteiger partial charge < -0.3 is 10.6 Å². The van der Waals surface area contributed by atoms with Crippen LogP contribution < -0.4 is 5.73 Å². The number of carbonyl (C=O) groups is 1. The molecule has 3 nitrogen and oxygen atoms in total. The minimum Gasteiger partial charge on any atom is -0.341 e. The molecule has 3 atom stereocenters. The predicted molar refractivity (Wildman–Crippen MR) is 73.6 cm³/mol. The first-order valence-electron chi connectivity index (χ1n) is 6.56. The Bertz CT molecular complexity index is 506. The van der Waals surface area contributed by atoms with Gasteiger partial charge in [-0.3, -0.25) is 4.79 Å². The highest BCUT2D eigenvalue weighted by Gasteiger charge is 2.48. The van der Waals surface area contributed by atoms with E-state index in [1.54, 1.807) is 4.90 Å². The molecule has 1 heterocycles. The molecule has 1 aromatic rings. The summed E-state index contributed by atoms with van der Waals surface area (Å²) in [6.07, 6.45) is 1.33. The van der Waals surface area contributed by atoms with Gasteiger partial charge in [0.05, 0.1) is 0 Å². The summed E-state index contributed by atoms with van der Waals surface area (Å²) in [5, 5.41) is 0. The summed E-state index contributed by atoms with van der Waals surface area (Å²) in [4.78, 5) is 13.9. The number of benzene rings is 1. The van der Waals surface area contributed by atoms with Crippen molar-refractivity contribution < 1.29 is 13.6 Å². The van der Waals surface area contributed by atoms with Crippen LogP contribution in [0.4, 0.5) is 8.78 Å². The van der Waals surface area contributed by atoms with Crippen molar-refractivity contribution >= 4 is 18.3 Å². The first-order chi connectivity index (χ1) is 9.08. The largest absolute Gasteiger partial charge is 0.341 e. The quantitative estimate of drug-likeness (QED) is 0.909. The second-order valence-electron chi connectivity index (χ2n) is 5.42. The normalized spacial score (nSPS) is 28.1. The van der Waals surface area contributed by atoms with Crippen LogP contribution in [0.2, 0.25) is 0 Å². The predicted octanol–water partition coefficient (Wildman–Crippen LogP) is 2.05. The van der Waals surface area contributed by atoms with Crippen LogP contribution in [0.3, 0.4) is 0 Å². The Balaban J connectivity index is 0.00000147. The van der Waals surface area contributed by atoms with Gasteiger partial charge in [-0.25, -0.2) is 8.78 Å². The van der Waals surface area contributed by atoms with E-state index < -0.39 is 11.6 Å². The lowest BCUT2D eigenvalue weighted by atomic mass is 10.1. The average molecular weight is 303 g/mol. The molecule has 0 radical (unpaired) electrons. The van der Waals surface area contributed by atoms with Crippen LogP contribution in [0.25, 0.3) is 0 Å². The molecule has 20 heavy (non-hydrogen) atoms. The molecule has 1 saturated carbocycles.